The summed E-state index contributed by atoms with van der Waals surface area (Å²) in [7, 11) is 1.60. The van der Waals surface area contributed by atoms with Crippen molar-refractivity contribution in [2.24, 2.45) is 5.92 Å². The van der Waals surface area contributed by atoms with E-state index in [0.717, 1.165) is 30.7 Å². The van der Waals surface area contributed by atoms with Crippen molar-refractivity contribution in [1.82, 2.24) is 4.90 Å². The van der Waals surface area contributed by atoms with E-state index in [1.165, 1.54) is 0 Å². The maximum Gasteiger partial charge on any atom is 0.303 e. The zero-order valence-electron chi connectivity index (χ0n) is 12.2. The predicted octanol–water partition coefficient (Wildman–Crippen LogP) is 1.95. The summed E-state index contributed by atoms with van der Waals surface area (Å²) in [5.41, 5.74) is 0.916. The molecule has 1 saturated heterocycles. The number of methoxy groups -OCH3 is 1. The molecule has 114 valence electrons. The number of carboxylic acid groups (broad SMARTS) is 1. The number of benzene rings is 1. The lowest BCUT2D eigenvalue weighted by molar-refractivity contribution is -0.140. The van der Waals surface area contributed by atoms with E-state index in [1.807, 2.05) is 24.3 Å². The molecule has 1 aromatic carbocycles. The van der Waals surface area contributed by atoms with Gasteiger partial charge in [-0.2, -0.15) is 0 Å². The van der Waals surface area contributed by atoms with Gasteiger partial charge in [0.25, 0.3) is 0 Å². The van der Waals surface area contributed by atoms with Gasteiger partial charge < -0.3 is 14.7 Å². The fourth-order valence-corrected chi connectivity index (χ4v) is 2.77. The number of carbonyl (C=O) groups is 2. The van der Waals surface area contributed by atoms with E-state index in [-0.39, 0.29) is 18.2 Å². The van der Waals surface area contributed by atoms with E-state index >= 15 is 0 Å². The molecule has 1 aliphatic rings. The number of hydrogen-bond acceptors (Lipinski definition) is 3. The van der Waals surface area contributed by atoms with Gasteiger partial charge in [0.1, 0.15) is 5.75 Å². The summed E-state index contributed by atoms with van der Waals surface area (Å²) in [6.45, 7) is 1.27. The van der Waals surface area contributed by atoms with E-state index < -0.39 is 5.97 Å². The molecular weight excluding hydrogens is 270 g/mol. The number of aliphatic carboxylic acids is 1. The smallest absolute Gasteiger partial charge is 0.303 e. The van der Waals surface area contributed by atoms with Crippen molar-refractivity contribution >= 4 is 11.9 Å². The van der Waals surface area contributed by atoms with Crippen molar-refractivity contribution in [3.05, 3.63) is 29.8 Å². The van der Waals surface area contributed by atoms with Crippen LogP contribution in [-0.4, -0.2) is 42.1 Å². The van der Waals surface area contributed by atoms with Gasteiger partial charge in [0.05, 0.1) is 13.5 Å². The molecular formula is C16H21NO4. The lowest BCUT2D eigenvalue weighted by atomic mass is 9.94. The van der Waals surface area contributed by atoms with Crippen LogP contribution in [0.25, 0.3) is 0 Å². The molecule has 0 bridgehead atoms. The fourth-order valence-electron chi connectivity index (χ4n) is 2.77. The second kappa shape index (κ2) is 7.11. The van der Waals surface area contributed by atoms with E-state index in [0.29, 0.717) is 13.0 Å². The second-order valence-electron chi connectivity index (χ2n) is 5.47. The number of amides is 1. The van der Waals surface area contributed by atoms with E-state index in [2.05, 4.69) is 0 Å². The fraction of sp³-hybridized carbons (Fsp3) is 0.500. The average molecular weight is 291 g/mol. The maximum atomic E-state index is 12.3. The van der Waals surface area contributed by atoms with E-state index in [4.69, 9.17) is 9.84 Å². The molecule has 1 aromatic rings. The standard InChI is InChI=1S/C16H21NO4/c1-21-14-6-2-4-12(8-14)9-15(18)17-7-3-5-13(11-17)10-16(19)20/h2,4,6,8,13H,3,5,7,9-11H2,1H3,(H,19,20). The van der Waals surface area contributed by atoms with Gasteiger partial charge in [0.2, 0.25) is 5.91 Å². The molecule has 1 N–H and O–H groups in total. The van der Waals surface area contributed by atoms with Gasteiger partial charge in [0, 0.05) is 19.5 Å². The molecule has 21 heavy (non-hydrogen) atoms. The van der Waals surface area contributed by atoms with Crippen molar-refractivity contribution in [1.29, 1.82) is 0 Å². The Labute approximate surface area is 124 Å². The van der Waals surface area contributed by atoms with Crippen LogP contribution >= 0.6 is 0 Å². The van der Waals surface area contributed by atoms with Crippen LogP contribution < -0.4 is 4.74 Å². The predicted molar refractivity (Wildman–Crippen MR) is 78.3 cm³/mol. The van der Waals surface area contributed by atoms with Crippen LogP contribution in [0.15, 0.2) is 24.3 Å². The summed E-state index contributed by atoms with van der Waals surface area (Å²) in [4.78, 5) is 24.9. The Morgan fingerprint density at radius 1 is 1.43 bits per heavy atom. The van der Waals surface area contributed by atoms with Crippen LogP contribution in [0, 0.1) is 5.92 Å². The molecule has 0 aromatic heterocycles. The van der Waals surface area contributed by atoms with Crippen molar-refractivity contribution in [2.75, 3.05) is 20.2 Å². The number of carbonyl (C=O) groups excluding carboxylic acids is 1. The van der Waals surface area contributed by atoms with Crippen molar-refractivity contribution < 1.29 is 19.4 Å². The first-order valence-corrected chi connectivity index (χ1v) is 7.21. The van der Waals surface area contributed by atoms with E-state index in [1.54, 1.807) is 12.0 Å². The topological polar surface area (TPSA) is 66.8 Å². The summed E-state index contributed by atoms with van der Waals surface area (Å²) >= 11 is 0. The second-order valence-corrected chi connectivity index (χ2v) is 5.47. The van der Waals surface area contributed by atoms with Gasteiger partial charge in [-0.3, -0.25) is 9.59 Å². The molecule has 1 heterocycles. The third-order valence-electron chi connectivity index (χ3n) is 3.82. The van der Waals surface area contributed by atoms with Crippen molar-refractivity contribution in [3.63, 3.8) is 0 Å². The third kappa shape index (κ3) is 4.48. The lowest BCUT2D eigenvalue weighted by Gasteiger charge is -2.32. The number of rotatable bonds is 5. The molecule has 0 spiro atoms. The minimum Gasteiger partial charge on any atom is -0.497 e. The Morgan fingerprint density at radius 2 is 2.24 bits per heavy atom. The Kier molecular flexibility index (Phi) is 5.20. The van der Waals surface area contributed by atoms with Crippen LogP contribution in [0.5, 0.6) is 5.75 Å². The molecule has 1 amide bonds. The van der Waals surface area contributed by atoms with Gasteiger partial charge >= 0.3 is 5.97 Å². The zero-order valence-corrected chi connectivity index (χ0v) is 12.2. The first-order chi connectivity index (χ1) is 10.1. The van der Waals surface area contributed by atoms with Crippen LogP contribution in [0.4, 0.5) is 0 Å². The number of ether oxygens (including phenoxy) is 1. The molecule has 0 saturated carbocycles. The van der Waals surface area contributed by atoms with Crippen LogP contribution in [-0.2, 0) is 16.0 Å². The highest BCUT2D eigenvalue weighted by molar-refractivity contribution is 5.79. The highest BCUT2D eigenvalue weighted by atomic mass is 16.5. The van der Waals surface area contributed by atoms with Crippen molar-refractivity contribution in [3.8, 4) is 5.75 Å². The zero-order chi connectivity index (χ0) is 15.2. The molecule has 0 aliphatic carbocycles. The SMILES string of the molecule is COc1cccc(CC(=O)N2CCCC(CC(=O)O)C2)c1. The summed E-state index contributed by atoms with van der Waals surface area (Å²) in [5.74, 6) is 0.0774. The molecule has 5 heteroatoms. The Morgan fingerprint density at radius 3 is 2.95 bits per heavy atom. The number of nitrogens with zero attached hydrogens (tertiary/aromatic N) is 1. The Hall–Kier alpha value is -2.04. The quantitative estimate of drug-likeness (QED) is 0.900. The maximum absolute atomic E-state index is 12.3. The van der Waals surface area contributed by atoms with Gasteiger partial charge in [-0.05, 0) is 36.5 Å². The molecule has 1 unspecified atom stereocenters. The molecule has 1 aliphatic heterocycles. The minimum absolute atomic E-state index is 0.0540. The highest BCUT2D eigenvalue weighted by Crippen LogP contribution is 2.21. The first-order valence-electron chi connectivity index (χ1n) is 7.21. The normalized spacial score (nSPS) is 18.3. The van der Waals surface area contributed by atoms with E-state index in [9.17, 15) is 9.59 Å². The van der Waals surface area contributed by atoms with Crippen LogP contribution in [0.2, 0.25) is 0 Å². The molecule has 0 radical (unpaired) electrons. The monoisotopic (exact) mass is 291 g/mol. The summed E-state index contributed by atoms with van der Waals surface area (Å²) in [6.07, 6.45) is 2.23. The summed E-state index contributed by atoms with van der Waals surface area (Å²) < 4.78 is 5.15. The largest absolute Gasteiger partial charge is 0.497 e. The third-order valence-corrected chi connectivity index (χ3v) is 3.82. The Bertz CT molecular complexity index is 515. The van der Waals surface area contributed by atoms with Gasteiger partial charge in [-0.25, -0.2) is 0 Å². The minimum atomic E-state index is -0.790. The summed E-state index contributed by atoms with van der Waals surface area (Å²) in [5, 5.41) is 8.87. The number of piperidine rings is 1. The molecule has 1 atom stereocenters. The van der Waals surface area contributed by atoms with Crippen LogP contribution in [0.1, 0.15) is 24.8 Å². The van der Waals surface area contributed by atoms with Gasteiger partial charge in [-0.1, -0.05) is 12.1 Å². The first kappa shape index (κ1) is 15.4. The highest BCUT2D eigenvalue weighted by Gasteiger charge is 2.25. The lowest BCUT2D eigenvalue weighted by Crippen LogP contribution is -2.41. The van der Waals surface area contributed by atoms with Crippen LogP contribution in [0.3, 0.4) is 0 Å². The number of likely N-dealkylation sites (tertiary alicyclic amines) is 1. The van der Waals surface area contributed by atoms with Gasteiger partial charge in [0.15, 0.2) is 0 Å². The molecule has 5 nitrogen and oxygen atoms in total. The molecule has 2 rings (SSSR count). The Balaban J connectivity index is 1.94. The number of carboxylic acids is 1. The average Bonchev–Trinajstić information content (AvgIpc) is 2.47. The number of hydrogen-bond donors (Lipinski definition) is 1. The molecule has 1 fully saturated rings. The van der Waals surface area contributed by atoms with Gasteiger partial charge in [-0.15, -0.1) is 0 Å². The summed E-state index contributed by atoms with van der Waals surface area (Å²) in [6, 6.07) is 7.47. The van der Waals surface area contributed by atoms with Crippen molar-refractivity contribution in [2.45, 2.75) is 25.7 Å².